The molecule has 3 nitrogen and oxygen atoms in total. The van der Waals surface area contributed by atoms with Gasteiger partial charge in [0.1, 0.15) is 0 Å². The van der Waals surface area contributed by atoms with E-state index in [2.05, 4.69) is 55.5 Å². The molecular formula is C13H9ClIN3. The molecule has 3 aromatic rings. The Kier molecular flexibility index (Phi) is 2.99. The second-order valence-corrected chi connectivity index (χ2v) is 5.51. The Bertz CT molecular complexity index is 736. The zero-order chi connectivity index (χ0) is 12.7. The molecule has 0 radical (unpaired) electrons. The Hall–Kier alpha value is -1.14. The first-order chi connectivity index (χ1) is 8.66. The van der Waals surface area contributed by atoms with Crippen molar-refractivity contribution >= 4 is 45.1 Å². The number of para-hydroxylation sites is 1. The Labute approximate surface area is 123 Å². The molecule has 0 aliphatic carbocycles. The SMILES string of the molecule is Cn1cc(-c2nc(Cl)ncc2I)c2ccccc21. The number of benzene rings is 1. The first-order valence-corrected chi connectivity index (χ1v) is 6.85. The number of hydrogen-bond donors (Lipinski definition) is 0. The molecular weight excluding hydrogens is 361 g/mol. The molecule has 0 fully saturated rings. The predicted molar refractivity (Wildman–Crippen MR) is 81.7 cm³/mol. The number of fused-ring (bicyclic) bond motifs is 1. The third-order valence-electron chi connectivity index (χ3n) is 2.87. The molecule has 0 aliphatic rings. The van der Waals surface area contributed by atoms with Crippen LogP contribution in [0.5, 0.6) is 0 Å². The van der Waals surface area contributed by atoms with Crippen LogP contribution < -0.4 is 0 Å². The van der Waals surface area contributed by atoms with Crippen LogP contribution in [0, 0.1) is 3.57 Å². The molecule has 0 spiro atoms. The van der Waals surface area contributed by atoms with Crippen LogP contribution in [0.15, 0.2) is 36.7 Å². The zero-order valence-corrected chi connectivity index (χ0v) is 12.5. The summed E-state index contributed by atoms with van der Waals surface area (Å²) >= 11 is 8.12. The summed E-state index contributed by atoms with van der Waals surface area (Å²) in [6.45, 7) is 0. The van der Waals surface area contributed by atoms with Gasteiger partial charge in [-0.3, -0.25) is 0 Å². The van der Waals surface area contributed by atoms with Crippen molar-refractivity contribution in [3.63, 3.8) is 0 Å². The van der Waals surface area contributed by atoms with Crippen LogP contribution in [0.4, 0.5) is 0 Å². The van der Waals surface area contributed by atoms with E-state index in [9.17, 15) is 0 Å². The van der Waals surface area contributed by atoms with Crippen LogP contribution in [-0.2, 0) is 7.05 Å². The van der Waals surface area contributed by atoms with Crippen LogP contribution in [0.3, 0.4) is 0 Å². The highest BCUT2D eigenvalue weighted by Gasteiger charge is 2.13. The molecule has 0 saturated heterocycles. The minimum atomic E-state index is 0.276. The van der Waals surface area contributed by atoms with Crippen molar-refractivity contribution < 1.29 is 0 Å². The molecule has 0 bridgehead atoms. The molecule has 5 heteroatoms. The summed E-state index contributed by atoms with van der Waals surface area (Å²) in [5.74, 6) is 0. The van der Waals surface area contributed by atoms with Gasteiger partial charge in [-0.25, -0.2) is 9.97 Å². The van der Waals surface area contributed by atoms with Crippen LogP contribution in [0.2, 0.25) is 5.28 Å². The molecule has 1 aromatic carbocycles. The molecule has 0 saturated carbocycles. The van der Waals surface area contributed by atoms with Gasteiger partial charge in [0.2, 0.25) is 5.28 Å². The minimum absolute atomic E-state index is 0.276. The third kappa shape index (κ3) is 1.89. The van der Waals surface area contributed by atoms with E-state index in [1.165, 1.54) is 10.9 Å². The minimum Gasteiger partial charge on any atom is -0.350 e. The summed E-state index contributed by atoms with van der Waals surface area (Å²) in [7, 11) is 2.03. The number of halogens is 2. The molecule has 0 unspecified atom stereocenters. The lowest BCUT2D eigenvalue weighted by molar-refractivity contribution is 0.969. The molecule has 2 heterocycles. The van der Waals surface area contributed by atoms with Gasteiger partial charge in [0, 0.05) is 35.9 Å². The van der Waals surface area contributed by atoms with Crippen molar-refractivity contribution in [3.8, 4) is 11.3 Å². The standard InChI is InChI=1S/C13H9ClIN3/c1-18-7-9(8-4-2-3-5-11(8)18)12-10(15)6-16-13(14)17-12/h2-7H,1H3. The normalized spacial score (nSPS) is 11.1. The van der Waals surface area contributed by atoms with Crippen LogP contribution in [0.25, 0.3) is 22.2 Å². The molecule has 3 rings (SSSR count). The van der Waals surface area contributed by atoms with Crippen molar-refractivity contribution in [1.82, 2.24) is 14.5 Å². The lowest BCUT2D eigenvalue weighted by Gasteiger charge is -2.01. The molecule has 0 atom stereocenters. The number of aryl methyl sites for hydroxylation is 1. The fourth-order valence-electron chi connectivity index (χ4n) is 2.06. The number of hydrogen-bond acceptors (Lipinski definition) is 2. The molecule has 0 aliphatic heterocycles. The van der Waals surface area contributed by atoms with E-state index in [1.54, 1.807) is 6.20 Å². The molecule has 2 aromatic heterocycles. The van der Waals surface area contributed by atoms with E-state index in [4.69, 9.17) is 11.6 Å². The Morgan fingerprint density at radius 3 is 2.89 bits per heavy atom. The van der Waals surface area contributed by atoms with Crippen LogP contribution in [-0.4, -0.2) is 14.5 Å². The molecule has 18 heavy (non-hydrogen) atoms. The van der Waals surface area contributed by atoms with Gasteiger partial charge in [-0.1, -0.05) is 18.2 Å². The second-order valence-electron chi connectivity index (χ2n) is 4.01. The van der Waals surface area contributed by atoms with Crippen molar-refractivity contribution in [2.24, 2.45) is 7.05 Å². The van der Waals surface area contributed by atoms with E-state index in [0.717, 1.165) is 14.8 Å². The zero-order valence-electron chi connectivity index (χ0n) is 9.56. The lowest BCUT2D eigenvalue weighted by atomic mass is 10.1. The lowest BCUT2D eigenvalue weighted by Crippen LogP contribution is -1.90. The van der Waals surface area contributed by atoms with Gasteiger partial charge in [0.05, 0.1) is 9.26 Å². The van der Waals surface area contributed by atoms with Gasteiger partial charge in [0.15, 0.2) is 0 Å². The quantitative estimate of drug-likeness (QED) is 0.481. The van der Waals surface area contributed by atoms with Gasteiger partial charge >= 0.3 is 0 Å². The van der Waals surface area contributed by atoms with Crippen molar-refractivity contribution in [1.29, 1.82) is 0 Å². The maximum absolute atomic E-state index is 5.89. The van der Waals surface area contributed by atoms with Crippen molar-refractivity contribution in [2.75, 3.05) is 0 Å². The van der Waals surface area contributed by atoms with E-state index in [0.29, 0.717) is 0 Å². The van der Waals surface area contributed by atoms with Crippen molar-refractivity contribution in [3.05, 3.63) is 45.5 Å². The topological polar surface area (TPSA) is 30.7 Å². The van der Waals surface area contributed by atoms with Crippen LogP contribution >= 0.6 is 34.2 Å². The highest BCUT2D eigenvalue weighted by molar-refractivity contribution is 14.1. The Balaban J connectivity index is 2.35. The third-order valence-corrected chi connectivity index (χ3v) is 3.84. The largest absolute Gasteiger partial charge is 0.350 e. The summed E-state index contributed by atoms with van der Waals surface area (Å²) in [6.07, 6.45) is 3.82. The second kappa shape index (κ2) is 4.51. The fourth-order valence-corrected chi connectivity index (χ4v) is 2.75. The van der Waals surface area contributed by atoms with Gasteiger partial charge in [-0.05, 0) is 40.3 Å². The van der Waals surface area contributed by atoms with E-state index in [1.807, 2.05) is 19.2 Å². The number of nitrogens with zero attached hydrogens (tertiary/aromatic N) is 3. The average molecular weight is 370 g/mol. The summed E-state index contributed by atoms with van der Waals surface area (Å²) in [5, 5.41) is 1.45. The van der Waals surface area contributed by atoms with Gasteiger partial charge in [-0.15, -0.1) is 0 Å². The molecule has 0 amide bonds. The fraction of sp³-hybridized carbons (Fsp3) is 0.0769. The molecule has 90 valence electrons. The number of aromatic nitrogens is 3. The maximum Gasteiger partial charge on any atom is 0.222 e. The summed E-state index contributed by atoms with van der Waals surface area (Å²) in [5.41, 5.74) is 3.15. The first kappa shape index (κ1) is 11.9. The highest BCUT2D eigenvalue weighted by Crippen LogP contribution is 2.31. The average Bonchev–Trinajstić information content (AvgIpc) is 2.71. The first-order valence-electron chi connectivity index (χ1n) is 5.39. The van der Waals surface area contributed by atoms with E-state index in [-0.39, 0.29) is 5.28 Å². The van der Waals surface area contributed by atoms with Gasteiger partial charge in [-0.2, -0.15) is 0 Å². The van der Waals surface area contributed by atoms with Gasteiger partial charge in [0.25, 0.3) is 0 Å². The van der Waals surface area contributed by atoms with Crippen molar-refractivity contribution in [2.45, 2.75) is 0 Å². The van der Waals surface area contributed by atoms with E-state index < -0.39 is 0 Å². The molecule has 0 N–H and O–H groups in total. The smallest absolute Gasteiger partial charge is 0.222 e. The summed E-state index contributed by atoms with van der Waals surface area (Å²) < 4.78 is 3.09. The van der Waals surface area contributed by atoms with Crippen LogP contribution in [0.1, 0.15) is 0 Å². The van der Waals surface area contributed by atoms with E-state index >= 15 is 0 Å². The number of rotatable bonds is 1. The highest BCUT2D eigenvalue weighted by atomic mass is 127. The summed E-state index contributed by atoms with van der Waals surface area (Å²) in [4.78, 5) is 8.33. The van der Waals surface area contributed by atoms with Gasteiger partial charge < -0.3 is 4.57 Å². The monoisotopic (exact) mass is 369 g/mol. The Morgan fingerprint density at radius 1 is 1.28 bits per heavy atom. The Morgan fingerprint density at radius 2 is 2.06 bits per heavy atom. The maximum atomic E-state index is 5.89. The summed E-state index contributed by atoms with van der Waals surface area (Å²) in [6, 6.07) is 8.25. The predicted octanol–water partition coefficient (Wildman–Crippen LogP) is 3.89.